The fourth-order valence-electron chi connectivity index (χ4n) is 4.53. The maximum atomic E-state index is 12.7. The maximum Gasteiger partial charge on any atom is 0.416 e. The van der Waals surface area contributed by atoms with E-state index in [1.54, 1.807) is 30.3 Å². The molecule has 4 aromatic carbocycles. The van der Waals surface area contributed by atoms with Gasteiger partial charge in [-0.25, -0.2) is 4.79 Å². The van der Waals surface area contributed by atoms with Crippen LogP contribution in [0, 0.1) is 0 Å². The third-order valence-corrected chi connectivity index (χ3v) is 6.92. The van der Waals surface area contributed by atoms with Crippen molar-refractivity contribution in [3.05, 3.63) is 137 Å². The van der Waals surface area contributed by atoms with Gasteiger partial charge in [-0.1, -0.05) is 66.7 Å². The monoisotopic (exact) mass is 732 g/mol. The molecule has 0 saturated carbocycles. The van der Waals surface area contributed by atoms with Crippen molar-refractivity contribution in [1.82, 2.24) is 10.6 Å². The maximum absolute atomic E-state index is 12.7. The number of ether oxygens (including phenoxy) is 2. The molecule has 4 rings (SSSR count). The molecular weight excluding hydrogens is 693 g/mol. The highest BCUT2D eigenvalue weighted by Crippen LogP contribution is 2.32. The molecule has 2 unspecified atom stereocenters. The van der Waals surface area contributed by atoms with Crippen molar-refractivity contribution < 1.29 is 40.6 Å². The van der Waals surface area contributed by atoms with Gasteiger partial charge in [-0.3, -0.25) is 0 Å². The Labute approximate surface area is 295 Å². The molecule has 4 aromatic rings. The second-order valence-corrected chi connectivity index (χ2v) is 10.7. The predicted molar refractivity (Wildman–Crippen MR) is 184 cm³/mol. The van der Waals surface area contributed by atoms with Crippen LogP contribution in [-0.4, -0.2) is 38.8 Å². The van der Waals surface area contributed by atoms with Crippen LogP contribution in [0.3, 0.4) is 0 Å². The van der Waals surface area contributed by atoms with Crippen LogP contribution in [0.4, 0.5) is 26.3 Å². The minimum absolute atomic E-state index is 0. The van der Waals surface area contributed by atoms with Crippen LogP contribution < -0.4 is 15.4 Å². The summed E-state index contributed by atoms with van der Waals surface area (Å²) in [5.74, 6) is 0.0332. The fourth-order valence-corrected chi connectivity index (χ4v) is 4.53. The zero-order valence-electron chi connectivity index (χ0n) is 26.9. The summed E-state index contributed by atoms with van der Waals surface area (Å²) in [6, 6.07) is 28.4. The standard InChI is InChI=1S/C19H20F3NO2.C17H18F3NO.2ClH/c1-14(12-15-6-5-9-17(13-15)19(20,21)22)23-10-11-25-18(24)16-7-3-2-4-8-16;1-21-12-11-16(13-5-3-2-4-6-13)22-15-9-7-14(8-10-15)17(18,19)20;;/h2-9,13-14,23H,10-12H2,1H3;2-10,16,21H,11-12H2,1H3;2*1H. The van der Waals surface area contributed by atoms with Crippen molar-refractivity contribution in [3.63, 3.8) is 0 Å². The van der Waals surface area contributed by atoms with Gasteiger partial charge in [0.15, 0.2) is 0 Å². The van der Waals surface area contributed by atoms with E-state index in [2.05, 4.69) is 10.6 Å². The first-order valence-corrected chi connectivity index (χ1v) is 15.0. The van der Waals surface area contributed by atoms with Crippen LogP contribution in [0.15, 0.2) is 109 Å². The van der Waals surface area contributed by atoms with Crippen molar-refractivity contribution in [2.24, 2.45) is 0 Å². The molecule has 5 nitrogen and oxygen atoms in total. The molecule has 2 atom stereocenters. The number of hydrogen-bond acceptors (Lipinski definition) is 5. The number of esters is 1. The third-order valence-electron chi connectivity index (χ3n) is 6.92. The molecule has 2 N–H and O–H groups in total. The van der Waals surface area contributed by atoms with Gasteiger partial charge in [0.05, 0.1) is 16.7 Å². The summed E-state index contributed by atoms with van der Waals surface area (Å²) < 4.78 is 86.8. The number of carbonyl (C=O) groups excluding carboxylic acids is 1. The first-order valence-electron chi connectivity index (χ1n) is 15.0. The molecule has 0 aromatic heterocycles. The molecule has 268 valence electrons. The highest BCUT2D eigenvalue weighted by molar-refractivity contribution is 5.89. The van der Waals surface area contributed by atoms with Crippen LogP contribution in [0.1, 0.15) is 52.1 Å². The van der Waals surface area contributed by atoms with Gasteiger partial charge >= 0.3 is 18.3 Å². The van der Waals surface area contributed by atoms with Gasteiger partial charge in [0, 0.05) is 19.0 Å². The van der Waals surface area contributed by atoms with Crippen molar-refractivity contribution in [3.8, 4) is 5.75 Å². The lowest BCUT2D eigenvalue weighted by molar-refractivity contribution is -0.138. The molecule has 0 saturated heterocycles. The van der Waals surface area contributed by atoms with E-state index >= 15 is 0 Å². The number of benzene rings is 4. The summed E-state index contributed by atoms with van der Waals surface area (Å²) in [7, 11) is 1.85. The van der Waals surface area contributed by atoms with Crippen molar-refractivity contribution >= 4 is 30.8 Å². The SMILES string of the molecule is CC(Cc1cccc(C(F)(F)F)c1)NCCOC(=O)c1ccccc1.CNCCC(Oc1ccc(C(F)(F)F)cc1)c1ccccc1.Cl.Cl. The molecule has 0 heterocycles. The molecule has 49 heavy (non-hydrogen) atoms. The van der Waals surface area contributed by atoms with Gasteiger partial charge < -0.3 is 20.1 Å². The van der Waals surface area contributed by atoms with E-state index < -0.39 is 29.4 Å². The Morgan fingerprint density at radius 3 is 1.90 bits per heavy atom. The lowest BCUT2D eigenvalue weighted by Gasteiger charge is -2.20. The minimum Gasteiger partial charge on any atom is -0.486 e. The number of nitrogens with one attached hydrogen (secondary N) is 2. The Balaban J connectivity index is 0.000000474. The molecule has 0 aliphatic heterocycles. The first-order chi connectivity index (χ1) is 22.4. The van der Waals surface area contributed by atoms with E-state index in [0.29, 0.717) is 29.8 Å². The summed E-state index contributed by atoms with van der Waals surface area (Å²) >= 11 is 0. The Morgan fingerprint density at radius 2 is 1.33 bits per heavy atom. The van der Waals surface area contributed by atoms with Gasteiger partial charge in [-0.15, -0.1) is 24.8 Å². The Hall–Kier alpha value is -3.77. The second-order valence-electron chi connectivity index (χ2n) is 10.7. The van der Waals surface area contributed by atoms with Crippen molar-refractivity contribution in [2.45, 2.75) is 44.3 Å². The van der Waals surface area contributed by atoms with Crippen LogP contribution in [0.5, 0.6) is 5.75 Å². The van der Waals surface area contributed by atoms with Gasteiger partial charge in [0.1, 0.15) is 18.5 Å². The van der Waals surface area contributed by atoms with Gasteiger partial charge in [-0.2, -0.15) is 26.3 Å². The zero-order valence-corrected chi connectivity index (χ0v) is 28.5. The lowest BCUT2D eigenvalue weighted by Crippen LogP contribution is -2.31. The summed E-state index contributed by atoms with van der Waals surface area (Å²) in [5, 5.41) is 6.19. The second kappa shape index (κ2) is 21.3. The Kier molecular flexibility index (Phi) is 18.8. The normalized spacial score (nSPS) is 12.2. The largest absolute Gasteiger partial charge is 0.486 e. The molecule has 0 aliphatic rings. The zero-order chi connectivity index (χ0) is 34.3. The molecule has 13 heteroatoms. The molecule has 0 aliphatic carbocycles. The molecular formula is C36H40Cl2F6N2O3. The van der Waals surface area contributed by atoms with Crippen LogP contribution in [0.25, 0.3) is 0 Å². The number of rotatable bonds is 13. The molecule has 0 fully saturated rings. The Morgan fingerprint density at radius 1 is 0.735 bits per heavy atom. The lowest BCUT2D eigenvalue weighted by atomic mass is 10.0. The highest BCUT2D eigenvalue weighted by Gasteiger charge is 2.31. The highest BCUT2D eigenvalue weighted by atomic mass is 35.5. The Bertz CT molecular complexity index is 1490. The van der Waals surface area contributed by atoms with E-state index in [-0.39, 0.29) is 43.6 Å². The summed E-state index contributed by atoms with van der Waals surface area (Å²) in [4.78, 5) is 11.8. The van der Waals surface area contributed by atoms with Gasteiger partial charge in [0.25, 0.3) is 0 Å². The fraction of sp³-hybridized carbons (Fsp3) is 0.306. The minimum atomic E-state index is -4.34. The smallest absolute Gasteiger partial charge is 0.416 e. The average molecular weight is 734 g/mol. The van der Waals surface area contributed by atoms with Crippen molar-refractivity contribution in [1.29, 1.82) is 0 Å². The van der Waals surface area contributed by atoms with Gasteiger partial charge in [-0.05, 0) is 80.5 Å². The summed E-state index contributed by atoms with van der Waals surface area (Å²) in [5.41, 5.74) is 0.772. The van der Waals surface area contributed by atoms with E-state index in [1.165, 1.54) is 18.2 Å². The van der Waals surface area contributed by atoms with E-state index in [9.17, 15) is 31.1 Å². The molecule has 0 spiro atoms. The molecule has 0 radical (unpaired) electrons. The topological polar surface area (TPSA) is 59.6 Å². The first kappa shape index (κ1) is 43.3. The number of hydrogen-bond donors (Lipinski definition) is 2. The van der Waals surface area contributed by atoms with Crippen LogP contribution in [-0.2, 0) is 23.5 Å². The predicted octanol–water partition coefficient (Wildman–Crippen LogP) is 9.36. The third kappa shape index (κ3) is 15.5. The number of alkyl halides is 6. The molecule has 0 amide bonds. The van der Waals surface area contributed by atoms with Crippen LogP contribution in [0.2, 0.25) is 0 Å². The van der Waals surface area contributed by atoms with E-state index in [1.807, 2.05) is 50.4 Å². The number of halogens is 8. The average Bonchev–Trinajstić information content (AvgIpc) is 3.05. The van der Waals surface area contributed by atoms with Crippen molar-refractivity contribution in [2.75, 3.05) is 26.7 Å². The van der Waals surface area contributed by atoms with E-state index in [4.69, 9.17) is 9.47 Å². The van der Waals surface area contributed by atoms with Crippen LogP contribution >= 0.6 is 24.8 Å². The summed E-state index contributed by atoms with van der Waals surface area (Å²) in [6.07, 6.45) is -7.69. The molecule has 0 bridgehead atoms. The summed E-state index contributed by atoms with van der Waals surface area (Å²) in [6.45, 7) is 3.25. The quantitative estimate of drug-likeness (QED) is 0.0815. The number of carbonyl (C=O) groups is 1. The van der Waals surface area contributed by atoms with E-state index in [0.717, 1.165) is 42.8 Å². The van der Waals surface area contributed by atoms with Gasteiger partial charge in [0.2, 0.25) is 0 Å².